The Morgan fingerprint density at radius 3 is 2.35 bits per heavy atom. The van der Waals surface area contributed by atoms with Gasteiger partial charge in [-0.2, -0.15) is 0 Å². The number of carbonyl (C=O) groups is 1. The zero-order chi connectivity index (χ0) is 16.7. The van der Waals surface area contributed by atoms with E-state index in [4.69, 9.17) is 9.47 Å². The van der Waals surface area contributed by atoms with Crippen LogP contribution < -0.4 is 14.8 Å². The molecule has 0 atom stereocenters. The third-order valence-electron chi connectivity index (χ3n) is 3.40. The van der Waals surface area contributed by atoms with E-state index in [2.05, 4.69) is 5.32 Å². The van der Waals surface area contributed by atoms with Crippen molar-refractivity contribution >= 4 is 5.91 Å². The van der Waals surface area contributed by atoms with Crippen molar-refractivity contribution in [1.29, 1.82) is 0 Å². The molecule has 1 N–H and O–H groups in total. The second-order valence-electron chi connectivity index (χ2n) is 5.57. The number of nitrogens with one attached hydrogen (secondary N) is 1. The Bertz CT molecular complexity index is 650. The molecule has 2 aromatic rings. The normalized spacial score (nSPS) is 10.2. The van der Waals surface area contributed by atoms with E-state index in [0.29, 0.717) is 13.2 Å². The number of aryl methyl sites for hydroxylation is 3. The summed E-state index contributed by atoms with van der Waals surface area (Å²) in [6.07, 6.45) is 0. The minimum atomic E-state index is -0.155. The van der Waals surface area contributed by atoms with E-state index >= 15 is 0 Å². The van der Waals surface area contributed by atoms with Crippen LogP contribution in [0.15, 0.2) is 42.5 Å². The lowest BCUT2D eigenvalue weighted by molar-refractivity contribution is -0.123. The molecule has 0 unspecified atom stereocenters. The van der Waals surface area contributed by atoms with Gasteiger partial charge in [-0.25, -0.2) is 0 Å². The van der Waals surface area contributed by atoms with Crippen molar-refractivity contribution in [3.8, 4) is 11.5 Å². The van der Waals surface area contributed by atoms with Crippen molar-refractivity contribution in [3.63, 3.8) is 0 Å². The van der Waals surface area contributed by atoms with Crippen molar-refractivity contribution < 1.29 is 14.3 Å². The lowest BCUT2D eigenvalue weighted by Crippen LogP contribution is -2.32. The molecule has 0 bridgehead atoms. The summed E-state index contributed by atoms with van der Waals surface area (Å²) in [5.74, 6) is 1.38. The predicted octanol–water partition coefficient (Wildman–Crippen LogP) is 3.19. The molecule has 0 fully saturated rings. The fraction of sp³-hybridized carbons (Fsp3) is 0.316. The largest absolute Gasteiger partial charge is 0.492 e. The molecule has 0 radical (unpaired) electrons. The number of hydrogen-bond acceptors (Lipinski definition) is 3. The average molecular weight is 313 g/mol. The standard InChI is InChI=1S/C19H23NO3/c1-14-4-7-17(8-5-14)22-11-10-20-19(21)13-23-18-9-6-15(2)12-16(18)3/h4-9,12H,10-11,13H2,1-3H3,(H,20,21). The highest BCUT2D eigenvalue weighted by Crippen LogP contribution is 2.18. The van der Waals surface area contributed by atoms with Gasteiger partial charge in [0.15, 0.2) is 6.61 Å². The maximum absolute atomic E-state index is 11.8. The molecular formula is C19H23NO3. The number of carbonyl (C=O) groups excluding carboxylic acids is 1. The molecule has 23 heavy (non-hydrogen) atoms. The predicted molar refractivity (Wildman–Crippen MR) is 91.1 cm³/mol. The highest BCUT2D eigenvalue weighted by Gasteiger charge is 2.04. The fourth-order valence-corrected chi connectivity index (χ4v) is 2.15. The van der Waals surface area contributed by atoms with Gasteiger partial charge in [-0.1, -0.05) is 35.4 Å². The molecule has 0 spiro atoms. The number of ether oxygens (including phenoxy) is 2. The summed E-state index contributed by atoms with van der Waals surface area (Å²) >= 11 is 0. The smallest absolute Gasteiger partial charge is 0.258 e. The molecule has 122 valence electrons. The summed E-state index contributed by atoms with van der Waals surface area (Å²) in [7, 11) is 0. The summed E-state index contributed by atoms with van der Waals surface area (Å²) in [6.45, 7) is 6.91. The van der Waals surface area contributed by atoms with E-state index in [1.54, 1.807) is 0 Å². The quantitative estimate of drug-likeness (QED) is 0.799. The van der Waals surface area contributed by atoms with Crippen molar-refractivity contribution in [2.45, 2.75) is 20.8 Å². The monoisotopic (exact) mass is 313 g/mol. The minimum absolute atomic E-state index is 0.00837. The Balaban J connectivity index is 1.66. The molecule has 0 aliphatic rings. The maximum Gasteiger partial charge on any atom is 0.258 e. The van der Waals surface area contributed by atoms with Crippen LogP contribution in [0.1, 0.15) is 16.7 Å². The summed E-state index contributed by atoms with van der Waals surface area (Å²) in [6, 6.07) is 13.7. The van der Waals surface area contributed by atoms with Gasteiger partial charge in [-0.3, -0.25) is 4.79 Å². The molecule has 4 heteroatoms. The Morgan fingerprint density at radius 1 is 0.957 bits per heavy atom. The number of hydrogen-bond donors (Lipinski definition) is 1. The highest BCUT2D eigenvalue weighted by molar-refractivity contribution is 5.77. The van der Waals surface area contributed by atoms with Crippen LogP contribution in [0.2, 0.25) is 0 Å². The van der Waals surface area contributed by atoms with Crippen LogP contribution in [0.3, 0.4) is 0 Å². The zero-order valence-electron chi connectivity index (χ0n) is 13.9. The zero-order valence-corrected chi connectivity index (χ0v) is 13.9. The van der Waals surface area contributed by atoms with Gasteiger partial charge in [-0.15, -0.1) is 0 Å². The van der Waals surface area contributed by atoms with Gasteiger partial charge in [0.25, 0.3) is 5.91 Å². The van der Waals surface area contributed by atoms with Crippen LogP contribution in [-0.4, -0.2) is 25.7 Å². The lowest BCUT2D eigenvalue weighted by atomic mass is 10.1. The van der Waals surface area contributed by atoms with Crippen LogP contribution in [-0.2, 0) is 4.79 Å². The Labute approximate surface area is 137 Å². The van der Waals surface area contributed by atoms with Crippen LogP contribution in [0.4, 0.5) is 0 Å². The second kappa shape index (κ2) is 8.22. The SMILES string of the molecule is Cc1ccc(OCCNC(=O)COc2ccc(C)cc2C)cc1. The third-order valence-corrected chi connectivity index (χ3v) is 3.40. The van der Waals surface area contributed by atoms with Crippen molar-refractivity contribution in [2.24, 2.45) is 0 Å². The molecule has 1 amide bonds. The molecule has 0 heterocycles. The third kappa shape index (κ3) is 5.66. The summed E-state index contributed by atoms with van der Waals surface area (Å²) in [5.41, 5.74) is 3.39. The van der Waals surface area contributed by atoms with Gasteiger partial charge < -0.3 is 14.8 Å². The van der Waals surface area contributed by atoms with Crippen molar-refractivity contribution in [2.75, 3.05) is 19.8 Å². The first-order valence-electron chi connectivity index (χ1n) is 7.71. The molecule has 0 saturated carbocycles. The Kier molecular flexibility index (Phi) is 6.03. The molecule has 2 aromatic carbocycles. The van der Waals surface area contributed by atoms with Gasteiger partial charge in [0.05, 0.1) is 6.54 Å². The topological polar surface area (TPSA) is 47.6 Å². The van der Waals surface area contributed by atoms with Crippen LogP contribution in [0, 0.1) is 20.8 Å². The summed E-state index contributed by atoms with van der Waals surface area (Å²) < 4.78 is 11.1. The van der Waals surface area contributed by atoms with Crippen LogP contribution in [0.25, 0.3) is 0 Å². The first-order valence-corrected chi connectivity index (χ1v) is 7.71. The van der Waals surface area contributed by atoms with E-state index in [-0.39, 0.29) is 12.5 Å². The molecule has 2 rings (SSSR count). The van der Waals surface area contributed by atoms with Gasteiger partial charge in [0.2, 0.25) is 0 Å². The van der Waals surface area contributed by atoms with Gasteiger partial charge in [-0.05, 0) is 44.5 Å². The molecular weight excluding hydrogens is 290 g/mol. The number of rotatable bonds is 7. The fourth-order valence-electron chi connectivity index (χ4n) is 2.15. The summed E-state index contributed by atoms with van der Waals surface area (Å²) in [5, 5.41) is 2.78. The molecule has 4 nitrogen and oxygen atoms in total. The first kappa shape index (κ1) is 16.9. The number of benzene rings is 2. The van der Waals surface area contributed by atoms with Gasteiger partial charge in [0.1, 0.15) is 18.1 Å². The Hall–Kier alpha value is -2.49. The van der Waals surface area contributed by atoms with Crippen molar-refractivity contribution in [1.82, 2.24) is 5.32 Å². The van der Waals surface area contributed by atoms with E-state index < -0.39 is 0 Å². The van der Waals surface area contributed by atoms with Crippen molar-refractivity contribution in [3.05, 3.63) is 59.2 Å². The van der Waals surface area contributed by atoms with E-state index in [1.165, 1.54) is 11.1 Å². The number of amides is 1. The second-order valence-corrected chi connectivity index (χ2v) is 5.57. The van der Waals surface area contributed by atoms with Gasteiger partial charge >= 0.3 is 0 Å². The summed E-state index contributed by atoms with van der Waals surface area (Å²) in [4.78, 5) is 11.8. The van der Waals surface area contributed by atoms with E-state index in [1.807, 2.05) is 63.2 Å². The minimum Gasteiger partial charge on any atom is -0.492 e. The van der Waals surface area contributed by atoms with Crippen LogP contribution in [0.5, 0.6) is 11.5 Å². The maximum atomic E-state index is 11.8. The van der Waals surface area contributed by atoms with Gasteiger partial charge in [0, 0.05) is 0 Å². The lowest BCUT2D eigenvalue weighted by Gasteiger charge is -2.11. The van der Waals surface area contributed by atoms with E-state index in [0.717, 1.165) is 17.1 Å². The van der Waals surface area contributed by atoms with Crippen LogP contribution >= 0.6 is 0 Å². The highest BCUT2D eigenvalue weighted by atomic mass is 16.5. The first-order chi connectivity index (χ1) is 11.0. The average Bonchev–Trinajstić information content (AvgIpc) is 2.52. The Morgan fingerprint density at radius 2 is 1.65 bits per heavy atom. The molecule has 0 aromatic heterocycles. The molecule has 0 saturated heterocycles. The molecule has 0 aliphatic heterocycles. The molecule has 0 aliphatic carbocycles. The van der Waals surface area contributed by atoms with E-state index in [9.17, 15) is 4.79 Å².